The molecule has 0 bridgehead atoms. The quantitative estimate of drug-likeness (QED) is 0.842. The molecule has 2 rings (SSSR count). The summed E-state index contributed by atoms with van der Waals surface area (Å²) in [7, 11) is 0. The van der Waals surface area contributed by atoms with Crippen LogP contribution in [0, 0.1) is 5.92 Å². The number of amides is 1. The van der Waals surface area contributed by atoms with Gasteiger partial charge in [-0.05, 0) is 39.7 Å². The van der Waals surface area contributed by atoms with Gasteiger partial charge in [0.2, 0.25) is 5.91 Å². The average Bonchev–Trinajstić information content (AvgIpc) is 2.49. The predicted molar refractivity (Wildman–Crippen MR) is 90.3 cm³/mol. The summed E-state index contributed by atoms with van der Waals surface area (Å²) >= 11 is 9.26. The molecule has 0 saturated carbocycles. The normalized spacial score (nSPS) is 13.5. The van der Waals surface area contributed by atoms with Gasteiger partial charge in [0.1, 0.15) is 0 Å². The van der Waals surface area contributed by atoms with E-state index in [9.17, 15) is 4.79 Å². The smallest absolute Gasteiger partial charge is 0.229 e. The maximum Gasteiger partial charge on any atom is 0.229 e. The lowest BCUT2D eigenvalue weighted by molar-refractivity contribution is -0.120. The van der Waals surface area contributed by atoms with Crippen LogP contribution in [0.4, 0.5) is 5.69 Å². The lowest BCUT2D eigenvalue weighted by Gasteiger charge is -2.20. The van der Waals surface area contributed by atoms with Gasteiger partial charge >= 0.3 is 0 Å². The Morgan fingerprint density at radius 1 is 1.24 bits per heavy atom. The van der Waals surface area contributed by atoms with E-state index in [-0.39, 0.29) is 17.9 Å². The van der Waals surface area contributed by atoms with Crippen LogP contribution in [0.15, 0.2) is 53.0 Å². The van der Waals surface area contributed by atoms with Gasteiger partial charge in [-0.1, -0.05) is 48.9 Å². The van der Waals surface area contributed by atoms with Crippen molar-refractivity contribution in [1.29, 1.82) is 0 Å². The van der Waals surface area contributed by atoms with Gasteiger partial charge in [0.05, 0.1) is 11.6 Å². The molecule has 5 heteroatoms. The standard InChI is InChI=1S/C16H16BrClN2O/c1-10(15(19)11-5-3-2-4-6-11)16(21)20-14-8-7-12(18)9-13(14)17/h2-10,15H,19H2,1H3,(H,20,21). The van der Waals surface area contributed by atoms with E-state index in [1.807, 2.05) is 37.3 Å². The minimum atomic E-state index is -0.352. The molecule has 2 aromatic carbocycles. The zero-order valence-corrected chi connectivity index (χ0v) is 13.9. The summed E-state index contributed by atoms with van der Waals surface area (Å²) in [6.07, 6.45) is 0. The van der Waals surface area contributed by atoms with Crippen LogP contribution in [0.5, 0.6) is 0 Å². The van der Waals surface area contributed by atoms with E-state index in [2.05, 4.69) is 21.2 Å². The topological polar surface area (TPSA) is 55.1 Å². The van der Waals surface area contributed by atoms with Crippen LogP contribution in [0.3, 0.4) is 0 Å². The Morgan fingerprint density at radius 2 is 1.90 bits per heavy atom. The van der Waals surface area contributed by atoms with E-state index >= 15 is 0 Å². The molecule has 2 atom stereocenters. The van der Waals surface area contributed by atoms with E-state index < -0.39 is 0 Å². The molecular weight excluding hydrogens is 352 g/mol. The Hall–Kier alpha value is -1.36. The monoisotopic (exact) mass is 366 g/mol. The van der Waals surface area contributed by atoms with Crippen molar-refractivity contribution >= 4 is 39.1 Å². The van der Waals surface area contributed by atoms with Crippen LogP contribution in [0.2, 0.25) is 5.02 Å². The van der Waals surface area contributed by atoms with E-state index in [4.69, 9.17) is 17.3 Å². The molecule has 1 amide bonds. The first-order valence-corrected chi connectivity index (χ1v) is 7.72. The number of benzene rings is 2. The highest BCUT2D eigenvalue weighted by molar-refractivity contribution is 9.10. The van der Waals surface area contributed by atoms with Crippen LogP contribution in [0.1, 0.15) is 18.5 Å². The lowest BCUT2D eigenvalue weighted by atomic mass is 9.94. The summed E-state index contributed by atoms with van der Waals surface area (Å²) in [5.74, 6) is -0.482. The van der Waals surface area contributed by atoms with Crippen molar-refractivity contribution < 1.29 is 4.79 Å². The van der Waals surface area contributed by atoms with E-state index in [1.165, 1.54) is 0 Å². The zero-order valence-electron chi connectivity index (χ0n) is 11.5. The highest BCUT2D eigenvalue weighted by Crippen LogP contribution is 2.27. The van der Waals surface area contributed by atoms with Gasteiger partial charge in [-0.2, -0.15) is 0 Å². The number of anilines is 1. The van der Waals surface area contributed by atoms with Crippen LogP contribution in [-0.2, 0) is 4.79 Å². The largest absolute Gasteiger partial charge is 0.325 e. The fourth-order valence-electron chi connectivity index (χ4n) is 1.96. The Morgan fingerprint density at radius 3 is 2.52 bits per heavy atom. The van der Waals surface area contributed by atoms with Gasteiger partial charge in [-0.3, -0.25) is 4.79 Å². The maximum atomic E-state index is 12.3. The van der Waals surface area contributed by atoms with E-state index in [1.54, 1.807) is 18.2 Å². The molecule has 0 saturated heterocycles. The van der Waals surface area contributed by atoms with Crippen molar-refractivity contribution in [3.63, 3.8) is 0 Å². The number of rotatable bonds is 4. The molecule has 0 fully saturated rings. The van der Waals surface area contributed by atoms with Gasteiger partial charge in [0.15, 0.2) is 0 Å². The van der Waals surface area contributed by atoms with Crippen molar-refractivity contribution in [3.05, 3.63) is 63.6 Å². The summed E-state index contributed by atoms with van der Waals surface area (Å²) in [6, 6.07) is 14.5. The highest BCUT2D eigenvalue weighted by Gasteiger charge is 2.22. The molecule has 21 heavy (non-hydrogen) atoms. The van der Waals surface area contributed by atoms with Crippen molar-refractivity contribution in [2.45, 2.75) is 13.0 Å². The molecule has 3 nitrogen and oxygen atoms in total. The lowest BCUT2D eigenvalue weighted by Crippen LogP contribution is -2.30. The number of halogens is 2. The molecule has 110 valence electrons. The molecule has 0 spiro atoms. The first-order valence-electron chi connectivity index (χ1n) is 6.55. The zero-order chi connectivity index (χ0) is 15.4. The minimum absolute atomic E-state index is 0.130. The van der Waals surface area contributed by atoms with Crippen molar-refractivity contribution in [2.75, 3.05) is 5.32 Å². The number of carbonyl (C=O) groups excluding carboxylic acids is 1. The second-order valence-electron chi connectivity index (χ2n) is 4.84. The van der Waals surface area contributed by atoms with Gasteiger partial charge in [0, 0.05) is 15.5 Å². The number of carbonyl (C=O) groups is 1. The first-order chi connectivity index (χ1) is 9.99. The Bertz CT molecular complexity index is 633. The number of nitrogens with one attached hydrogen (secondary N) is 1. The molecule has 0 heterocycles. The molecule has 0 aliphatic carbocycles. The fourth-order valence-corrected chi connectivity index (χ4v) is 2.75. The SMILES string of the molecule is CC(C(=O)Nc1ccc(Cl)cc1Br)C(N)c1ccccc1. The fraction of sp³-hybridized carbons (Fsp3) is 0.188. The number of nitrogens with two attached hydrogens (primary N) is 1. The third kappa shape index (κ3) is 4.06. The maximum absolute atomic E-state index is 12.3. The summed E-state index contributed by atoms with van der Waals surface area (Å²) in [6.45, 7) is 1.82. The van der Waals surface area contributed by atoms with Gasteiger partial charge in [0.25, 0.3) is 0 Å². The third-order valence-corrected chi connectivity index (χ3v) is 4.22. The second-order valence-corrected chi connectivity index (χ2v) is 6.13. The van der Waals surface area contributed by atoms with Crippen molar-refractivity contribution in [2.24, 2.45) is 11.7 Å². The molecule has 2 unspecified atom stereocenters. The number of hydrogen-bond acceptors (Lipinski definition) is 2. The van der Waals surface area contributed by atoms with Crippen molar-refractivity contribution in [3.8, 4) is 0 Å². The van der Waals surface area contributed by atoms with Crippen molar-refractivity contribution in [1.82, 2.24) is 0 Å². The van der Waals surface area contributed by atoms with Crippen LogP contribution >= 0.6 is 27.5 Å². The Kier molecular flexibility index (Phi) is 5.39. The molecule has 3 N–H and O–H groups in total. The van der Waals surface area contributed by atoms with Gasteiger partial charge in [-0.15, -0.1) is 0 Å². The summed E-state index contributed by atoms with van der Waals surface area (Å²) in [5.41, 5.74) is 7.78. The predicted octanol–water partition coefficient (Wildman–Crippen LogP) is 4.38. The Labute approximate surface area is 137 Å². The highest BCUT2D eigenvalue weighted by atomic mass is 79.9. The minimum Gasteiger partial charge on any atom is -0.325 e. The molecule has 0 aromatic heterocycles. The van der Waals surface area contributed by atoms with Crippen LogP contribution in [-0.4, -0.2) is 5.91 Å². The van der Waals surface area contributed by atoms with Gasteiger partial charge < -0.3 is 11.1 Å². The second kappa shape index (κ2) is 7.07. The van der Waals surface area contributed by atoms with Crippen LogP contribution in [0.25, 0.3) is 0 Å². The first kappa shape index (κ1) is 16.0. The third-order valence-electron chi connectivity index (χ3n) is 3.33. The average molecular weight is 368 g/mol. The molecule has 0 aliphatic heterocycles. The van der Waals surface area contributed by atoms with E-state index in [0.717, 1.165) is 10.0 Å². The van der Waals surface area contributed by atoms with E-state index in [0.29, 0.717) is 10.7 Å². The van der Waals surface area contributed by atoms with Crippen LogP contribution < -0.4 is 11.1 Å². The summed E-state index contributed by atoms with van der Waals surface area (Å²) < 4.78 is 0.740. The Balaban J connectivity index is 2.09. The number of hydrogen-bond donors (Lipinski definition) is 2. The van der Waals surface area contributed by atoms with Gasteiger partial charge in [-0.25, -0.2) is 0 Å². The molecule has 0 aliphatic rings. The molecule has 2 aromatic rings. The summed E-state index contributed by atoms with van der Waals surface area (Å²) in [5, 5.41) is 3.47. The summed E-state index contributed by atoms with van der Waals surface area (Å²) in [4.78, 5) is 12.3. The molecule has 0 radical (unpaired) electrons. The molecular formula is C16H16BrClN2O.